The minimum absolute atomic E-state index is 0.102. The molecule has 1 aliphatic heterocycles. The Labute approximate surface area is 150 Å². The lowest BCUT2D eigenvalue weighted by Gasteiger charge is -2.33. The van der Waals surface area contributed by atoms with Crippen LogP contribution >= 0.6 is 11.3 Å². The zero-order valence-corrected chi connectivity index (χ0v) is 14.8. The lowest BCUT2D eigenvalue weighted by molar-refractivity contribution is -0.145. The number of aromatic nitrogens is 1. The summed E-state index contributed by atoms with van der Waals surface area (Å²) in [7, 11) is 0. The van der Waals surface area contributed by atoms with Gasteiger partial charge in [0.25, 0.3) is 5.91 Å². The van der Waals surface area contributed by atoms with Gasteiger partial charge in [-0.25, -0.2) is 4.98 Å². The van der Waals surface area contributed by atoms with E-state index in [0.29, 0.717) is 18.8 Å². The molecule has 0 spiro atoms. The summed E-state index contributed by atoms with van der Waals surface area (Å²) >= 11 is 1.31. The first kappa shape index (κ1) is 20.2. The molecule has 1 aromatic heterocycles. The molecular formula is C16H26N2O6S. The number of thiazole rings is 1. The third-order valence-corrected chi connectivity index (χ3v) is 4.86. The van der Waals surface area contributed by atoms with Crippen LogP contribution in [0, 0.1) is 0 Å². The molecule has 8 nitrogen and oxygen atoms in total. The van der Waals surface area contributed by atoms with Crippen molar-refractivity contribution in [3.63, 3.8) is 0 Å². The Kier molecular flexibility index (Phi) is 8.20. The van der Waals surface area contributed by atoms with Crippen molar-refractivity contribution < 1.29 is 30.0 Å². The molecule has 0 radical (unpaired) electrons. The molecule has 4 N–H and O–H groups in total. The number of amides is 1. The quantitative estimate of drug-likeness (QED) is 0.569. The van der Waals surface area contributed by atoms with Gasteiger partial charge in [-0.05, 0) is 12.8 Å². The fourth-order valence-electron chi connectivity index (χ4n) is 2.83. The molecule has 0 aliphatic carbocycles. The number of rotatable bonds is 3. The highest BCUT2D eigenvalue weighted by atomic mass is 32.1. The fourth-order valence-corrected chi connectivity index (χ4v) is 3.35. The van der Waals surface area contributed by atoms with Gasteiger partial charge >= 0.3 is 0 Å². The number of aliphatic hydroxyl groups excluding tert-OH is 4. The van der Waals surface area contributed by atoms with Crippen LogP contribution in [0.4, 0.5) is 0 Å². The number of hydrogen-bond donors (Lipinski definition) is 4. The van der Waals surface area contributed by atoms with E-state index in [2.05, 4.69) is 4.98 Å². The number of hydrogen-bond acceptors (Lipinski definition) is 8. The maximum absolute atomic E-state index is 12.6. The minimum Gasteiger partial charge on any atom is -0.394 e. The van der Waals surface area contributed by atoms with Crippen molar-refractivity contribution in [1.82, 2.24) is 9.88 Å². The molecule has 142 valence electrons. The first-order chi connectivity index (χ1) is 12.0. The molecule has 2 heterocycles. The maximum atomic E-state index is 12.6. The zero-order valence-electron chi connectivity index (χ0n) is 14.0. The fraction of sp³-hybridized carbons (Fsp3) is 0.750. The van der Waals surface area contributed by atoms with Gasteiger partial charge in [0.2, 0.25) is 0 Å². The molecule has 0 unspecified atom stereocenters. The summed E-state index contributed by atoms with van der Waals surface area (Å²) < 4.78 is 5.48. The van der Waals surface area contributed by atoms with Crippen molar-refractivity contribution >= 4 is 17.2 Å². The van der Waals surface area contributed by atoms with Crippen LogP contribution in [-0.4, -0.2) is 86.9 Å². The highest BCUT2D eigenvalue weighted by Crippen LogP contribution is 2.16. The van der Waals surface area contributed by atoms with Crippen molar-refractivity contribution in [2.75, 3.05) is 26.3 Å². The Hall–Kier alpha value is -1.10. The SMILES string of the molecule is O=C(c1cscn1)N1CCCCCCO[C@H]([C@H](O)CO)[C@H](O)[C@H](O)C1. The van der Waals surface area contributed by atoms with Gasteiger partial charge in [0.05, 0.1) is 12.1 Å². The molecule has 25 heavy (non-hydrogen) atoms. The Morgan fingerprint density at radius 1 is 1.36 bits per heavy atom. The van der Waals surface area contributed by atoms with E-state index in [1.807, 2.05) is 0 Å². The van der Waals surface area contributed by atoms with Gasteiger partial charge in [-0.15, -0.1) is 11.3 Å². The van der Waals surface area contributed by atoms with Crippen molar-refractivity contribution in [2.45, 2.75) is 50.1 Å². The van der Waals surface area contributed by atoms with Gasteiger partial charge in [-0.2, -0.15) is 0 Å². The van der Waals surface area contributed by atoms with Gasteiger partial charge in [-0.1, -0.05) is 12.8 Å². The molecule has 2 rings (SSSR count). The van der Waals surface area contributed by atoms with Gasteiger partial charge in [0, 0.05) is 25.1 Å². The van der Waals surface area contributed by atoms with Crippen LogP contribution in [0.1, 0.15) is 36.2 Å². The summed E-state index contributed by atoms with van der Waals surface area (Å²) in [5.74, 6) is -0.301. The van der Waals surface area contributed by atoms with Crippen molar-refractivity contribution in [3.8, 4) is 0 Å². The molecule has 1 aromatic rings. The van der Waals surface area contributed by atoms with Crippen LogP contribution in [0.2, 0.25) is 0 Å². The van der Waals surface area contributed by atoms with E-state index < -0.39 is 31.0 Å². The van der Waals surface area contributed by atoms with Gasteiger partial charge in [-0.3, -0.25) is 4.79 Å². The summed E-state index contributed by atoms with van der Waals surface area (Å²) in [4.78, 5) is 18.0. The summed E-state index contributed by atoms with van der Waals surface area (Å²) in [6, 6.07) is 0. The lowest BCUT2D eigenvalue weighted by atomic mass is 10.0. The smallest absolute Gasteiger partial charge is 0.273 e. The van der Waals surface area contributed by atoms with E-state index in [-0.39, 0.29) is 12.5 Å². The molecule has 0 aromatic carbocycles. The topological polar surface area (TPSA) is 123 Å². The molecule has 4 atom stereocenters. The second-order valence-electron chi connectivity index (χ2n) is 6.18. The highest BCUT2D eigenvalue weighted by Gasteiger charge is 2.34. The summed E-state index contributed by atoms with van der Waals surface area (Å²) in [6.07, 6.45) is -1.86. The van der Waals surface area contributed by atoms with Crippen molar-refractivity contribution in [1.29, 1.82) is 0 Å². The van der Waals surface area contributed by atoms with E-state index in [4.69, 9.17) is 9.84 Å². The first-order valence-electron chi connectivity index (χ1n) is 8.48. The number of ether oxygens (including phenoxy) is 1. The Bertz CT molecular complexity index is 515. The standard InChI is InChI=1S/C16H26N2O6S/c19-8-13(21)15-14(22)12(20)7-18(5-3-1-2-4-6-24-15)16(23)11-9-25-10-17-11/h9-10,12-15,19-22H,1-8H2/t12-,13-,14-,15-/m1/s1. The van der Waals surface area contributed by atoms with E-state index in [9.17, 15) is 20.1 Å². The monoisotopic (exact) mass is 374 g/mol. The summed E-state index contributed by atoms with van der Waals surface area (Å²) in [5, 5.41) is 41.4. The van der Waals surface area contributed by atoms with Crippen molar-refractivity contribution in [2.24, 2.45) is 0 Å². The van der Waals surface area contributed by atoms with Crippen LogP contribution in [0.15, 0.2) is 10.9 Å². The molecule has 0 bridgehead atoms. The lowest BCUT2D eigenvalue weighted by Crippen LogP contribution is -2.52. The van der Waals surface area contributed by atoms with Gasteiger partial charge < -0.3 is 30.1 Å². The van der Waals surface area contributed by atoms with E-state index in [1.165, 1.54) is 16.2 Å². The average Bonchev–Trinajstić information content (AvgIpc) is 3.14. The molecule has 9 heteroatoms. The van der Waals surface area contributed by atoms with Crippen LogP contribution in [0.3, 0.4) is 0 Å². The number of aliphatic hydroxyl groups is 4. The predicted molar refractivity (Wildman–Crippen MR) is 91.3 cm³/mol. The number of nitrogens with zero attached hydrogens (tertiary/aromatic N) is 2. The second kappa shape index (κ2) is 10.1. The van der Waals surface area contributed by atoms with Gasteiger partial charge in [0.1, 0.15) is 30.1 Å². The highest BCUT2D eigenvalue weighted by molar-refractivity contribution is 7.07. The maximum Gasteiger partial charge on any atom is 0.273 e. The van der Waals surface area contributed by atoms with Crippen molar-refractivity contribution in [3.05, 3.63) is 16.6 Å². The molecular weight excluding hydrogens is 348 g/mol. The van der Waals surface area contributed by atoms with Gasteiger partial charge in [0.15, 0.2) is 0 Å². The Morgan fingerprint density at radius 2 is 2.12 bits per heavy atom. The van der Waals surface area contributed by atoms with E-state index in [1.54, 1.807) is 10.9 Å². The van der Waals surface area contributed by atoms with Crippen LogP contribution in [-0.2, 0) is 4.74 Å². The largest absolute Gasteiger partial charge is 0.394 e. The van der Waals surface area contributed by atoms with E-state index >= 15 is 0 Å². The molecule has 1 amide bonds. The third-order valence-electron chi connectivity index (χ3n) is 4.28. The number of carbonyl (C=O) groups is 1. The molecule has 1 saturated heterocycles. The molecule has 0 saturated carbocycles. The Morgan fingerprint density at radius 3 is 2.80 bits per heavy atom. The van der Waals surface area contributed by atoms with E-state index in [0.717, 1.165) is 25.7 Å². The molecule has 1 aliphatic rings. The first-order valence-corrected chi connectivity index (χ1v) is 9.43. The summed E-state index contributed by atoms with van der Waals surface area (Å²) in [5.41, 5.74) is 1.87. The number of carbonyl (C=O) groups excluding carboxylic acids is 1. The molecule has 1 fully saturated rings. The second-order valence-corrected chi connectivity index (χ2v) is 6.90. The third kappa shape index (κ3) is 5.70. The summed E-state index contributed by atoms with van der Waals surface area (Å²) in [6.45, 7) is 0.0899. The Balaban J connectivity index is 2.13. The number of β-amino-alcohol motifs (C(OH)–C–C–N with tert-alkyl or cyclic N) is 1. The average molecular weight is 374 g/mol. The normalized spacial score (nSPS) is 28.0. The zero-order chi connectivity index (χ0) is 18.2. The minimum atomic E-state index is -1.42. The predicted octanol–water partition coefficient (Wildman–Crippen LogP) is -0.381. The van der Waals surface area contributed by atoms with Crippen LogP contribution in [0.5, 0.6) is 0 Å². The van der Waals surface area contributed by atoms with Crippen LogP contribution < -0.4 is 0 Å². The van der Waals surface area contributed by atoms with Crippen LogP contribution in [0.25, 0.3) is 0 Å².